The number of hydrogen-bond acceptors (Lipinski definition) is 4. The van der Waals surface area contributed by atoms with Crippen LogP contribution in [-0.4, -0.2) is 57.2 Å². The van der Waals surface area contributed by atoms with E-state index < -0.39 is 0 Å². The van der Waals surface area contributed by atoms with Crippen LogP contribution >= 0.6 is 0 Å². The molecule has 2 atom stereocenters. The van der Waals surface area contributed by atoms with Gasteiger partial charge in [-0.05, 0) is 73.8 Å². The number of anilines is 1. The van der Waals surface area contributed by atoms with Gasteiger partial charge in [-0.15, -0.1) is 0 Å². The van der Waals surface area contributed by atoms with E-state index in [2.05, 4.69) is 75.8 Å². The summed E-state index contributed by atoms with van der Waals surface area (Å²) in [5.74, 6) is 3.87. The van der Waals surface area contributed by atoms with Crippen LogP contribution in [0.3, 0.4) is 0 Å². The van der Waals surface area contributed by atoms with E-state index >= 15 is 0 Å². The minimum atomic E-state index is 0.0759. The number of fused-ring (bicyclic) bond motifs is 1. The van der Waals surface area contributed by atoms with Crippen LogP contribution in [0.25, 0.3) is 0 Å². The average Bonchev–Trinajstić information content (AvgIpc) is 3.41. The maximum atomic E-state index is 13.8. The van der Waals surface area contributed by atoms with Crippen molar-refractivity contribution in [3.05, 3.63) is 83.6 Å². The lowest BCUT2D eigenvalue weighted by atomic mass is 9.52. The molecule has 2 aliphatic heterocycles. The Morgan fingerprint density at radius 2 is 1.36 bits per heavy atom. The molecule has 39 heavy (non-hydrogen) atoms. The SMILES string of the molecule is O=C(c1cc2n(n1)[C@H](c1ccccc1)C[C@@H](c1ccccc1)N2)N1CCN(C23CC4CC(CC(C4)C2)C3)CC1. The summed E-state index contributed by atoms with van der Waals surface area (Å²) in [5, 5.41) is 8.63. The highest BCUT2D eigenvalue weighted by Gasteiger charge is 2.53. The number of nitrogens with one attached hydrogen (secondary N) is 1. The molecular weight excluding hydrogens is 482 g/mol. The van der Waals surface area contributed by atoms with E-state index in [9.17, 15) is 4.79 Å². The lowest BCUT2D eigenvalue weighted by Gasteiger charge is -2.61. The summed E-state index contributed by atoms with van der Waals surface area (Å²) in [6, 6.07) is 23.4. The molecule has 1 saturated heterocycles. The highest BCUT2D eigenvalue weighted by atomic mass is 16.2. The fourth-order valence-corrected chi connectivity index (χ4v) is 9.26. The summed E-state index contributed by atoms with van der Waals surface area (Å²) in [7, 11) is 0. The summed E-state index contributed by atoms with van der Waals surface area (Å²) in [4.78, 5) is 18.6. The monoisotopic (exact) mass is 521 g/mol. The van der Waals surface area contributed by atoms with Crippen molar-refractivity contribution in [1.82, 2.24) is 19.6 Å². The van der Waals surface area contributed by atoms with Gasteiger partial charge in [0.15, 0.2) is 5.69 Å². The molecule has 0 radical (unpaired) electrons. The molecule has 5 fully saturated rings. The van der Waals surface area contributed by atoms with Gasteiger partial charge in [-0.2, -0.15) is 5.10 Å². The minimum absolute atomic E-state index is 0.0759. The fraction of sp³-hybridized carbons (Fsp3) is 0.515. The minimum Gasteiger partial charge on any atom is -0.363 e. The van der Waals surface area contributed by atoms with E-state index in [1.54, 1.807) is 0 Å². The summed E-state index contributed by atoms with van der Waals surface area (Å²) in [6.07, 6.45) is 9.52. The molecule has 0 spiro atoms. The van der Waals surface area contributed by atoms with E-state index in [0.717, 1.165) is 56.2 Å². The highest BCUT2D eigenvalue weighted by Crippen LogP contribution is 2.57. The van der Waals surface area contributed by atoms with Crippen LogP contribution in [-0.2, 0) is 0 Å². The van der Waals surface area contributed by atoms with E-state index in [1.165, 1.54) is 49.7 Å². The zero-order chi connectivity index (χ0) is 26.0. The van der Waals surface area contributed by atoms with Gasteiger partial charge in [-0.3, -0.25) is 9.69 Å². The zero-order valence-electron chi connectivity index (χ0n) is 22.7. The second kappa shape index (κ2) is 9.22. The van der Waals surface area contributed by atoms with Gasteiger partial charge in [0.1, 0.15) is 5.82 Å². The van der Waals surface area contributed by atoms with E-state index in [1.807, 2.05) is 10.7 Å². The number of piperazine rings is 1. The van der Waals surface area contributed by atoms with Gasteiger partial charge in [-0.1, -0.05) is 60.7 Å². The molecule has 6 nitrogen and oxygen atoms in total. The molecule has 1 aromatic heterocycles. The van der Waals surface area contributed by atoms with Crippen LogP contribution in [0.15, 0.2) is 66.7 Å². The van der Waals surface area contributed by atoms with Crippen molar-refractivity contribution in [3.63, 3.8) is 0 Å². The molecule has 3 aromatic rings. The molecule has 1 amide bonds. The van der Waals surface area contributed by atoms with Crippen molar-refractivity contribution in [3.8, 4) is 0 Å². The number of nitrogens with zero attached hydrogens (tertiary/aromatic N) is 4. The number of carbonyl (C=O) groups excluding carboxylic acids is 1. The first-order valence-electron chi connectivity index (χ1n) is 15.1. The maximum Gasteiger partial charge on any atom is 0.274 e. The van der Waals surface area contributed by atoms with Crippen LogP contribution in [0.1, 0.15) is 78.6 Å². The third-order valence-corrected chi connectivity index (χ3v) is 10.7. The summed E-state index contributed by atoms with van der Waals surface area (Å²) in [5.41, 5.74) is 3.49. The summed E-state index contributed by atoms with van der Waals surface area (Å²) in [6.45, 7) is 3.63. The van der Waals surface area contributed by atoms with Crippen LogP contribution < -0.4 is 5.32 Å². The Labute approximate surface area is 231 Å². The first kappa shape index (κ1) is 23.7. The van der Waals surface area contributed by atoms with Crippen molar-refractivity contribution in [2.75, 3.05) is 31.5 Å². The maximum absolute atomic E-state index is 13.8. The number of carbonyl (C=O) groups is 1. The molecule has 4 bridgehead atoms. The quantitative estimate of drug-likeness (QED) is 0.475. The Morgan fingerprint density at radius 3 is 1.97 bits per heavy atom. The molecular formula is C33H39N5O. The molecule has 3 heterocycles. The number of amides is 1. The van der Waals surface area contributed by atoms with Crippen molar-refractivity contribution < 1.29 is 4.79 Å². The van der Waals surface area contributed by atoms with Gasteiger partial charge in [0.25, 0.3) is 5.91 Å². The molecule has 4 saturated carbocycles. The van der Waals surface area contributed by atoms with Crippen LogP contribution in [0.4, 0.5) is 5.82 Å². The number of aromatic nitrogens is 2. The number of benzene rings is 2. The predicted molar refractivity (Wildman–Crippen MR) is 153 cm³/mol. The topological polar surface area (TPSA) is 53.4 Å². The van der Waals surface area contributed by atoms with Crippen molar-refractivity contribution in [2.24, 2.45) is 17.8 Å². The Bertz CT molecular complexity index is 1310. The van der Waals surface area contributed by atoms with Crippen LogP contribution in [0.2, 0.25) is 0 Å². The number of rotatable bonds is 4. The van der Waals surface area contributed by atoms with Gasteiger partial charge in [-0.25, -0.2) is 4.68 Å². The van der Waals surface area contributed by atoms with Crippen molar-refractivity contribution in [1.29, 1.82) is 0 Å². The van der Waals surface area contributed by atoms with Crippen LogP contribution in [0.5, 0.6) is 0 Å². The molecule has 202 valence electrons. The average molecular weight is 522 g/mol. The highest BCUT2D eigenvalue weighted by molar-refractivity contribution is 5.93. The van der Waals surface area contributed by atoms with Crippen LogP contribution in [0, 0.1) is 17.8 Å². The van der Waals surface area contributed by atoms with Gasteiger partial charge in [0.05, 0.1) is 12.1 Å². The largest absolute Gasteiger partial charge is 0.363 e. The first-order valence-corrected chi connectivity index (χ1v) is 15.1. The smallest absolute Gasteiger partial charge is 0.274 e. The molecule has 4 aliphatic carbocycles. The van der Waals surface area contributed by atoms with Crippen molar-refractivity contribution >= 4 is 11.7 Å². The Kier molecular flexibility index (Phi) is 5.62. The molecule has 9 rings (SSSR count). The van der Waals surface area contributed by atoms with Crippen molar-refractivity contribution in [2.45, 2.75) is 62.6 Å². The van der Waals surface area contributed by atoms with Gasteiger partial charge < -0.3 is 10.2 Å². The first-order chi connectivity index (χ1) is 19.1. The molecule has 6 aliphatic rings. The van der Waals surface area contributed by atoms with Gasteiger partial charge in [0, 0.05) is 37.8 Å². The van der Waals surface area contributed by atoms with Gasteiger partial charge >= 0.3 is 0 Å². The summed E-state index contributed by atoms with van der Waals surface area (Å²) >= 11 is 0. The molecule has 6 heteroatoms. The standard InChI is InChI=1S/C33H39N5O/c39-32(36-11-13-37(14-12-36)33-20-23-15-24(21-33)17-25(16-23)22-33)29-19-31-34-28(26-7-3-1-4-8-26)18-30(38(31)35-29)27-9-5-2-6-10-27/h1-10,19,23-25,28,30,34H,11-18,20-22H2/t23?,24?,25?,28-,30-,33?/m0/s1. The fourth-order valence-electron chi connectivity index (χ4n) is 9.26. The van der Waals surface area contributed by atoms with Gasteiger partial charge in [0.2, 0.25) is 0 Å². The molecule has 2 aromatic carbocycles. The van der Waals surface area contributed by atoms with E-state index in [-0.39, 0.29) is 18.0 Å². The lowest BCUT2D eigenvalue weighted by Crippen LogP contribution is -2.64. The lowest BCUT2D eigenvalue weighted by molar-refractivity contribution is -0.0987. The van der Waals surface area contributed by atoms with E-state index in [0.29, 0.717) is 11.2 Å². The second-order valence-electron chi connectivity index (χ2n) is 13.1. The predicted octanol–water partition coefficient (Wildman–Crippen LogP) is 5.76. The third-order valence-electron chi connectivity index (χ3n) is 10.7. The zero-order valence-corrected chi connectivity index (χ0v) is 22.7. The molecule has 0 unspecified atom stereocenters. The summed E-state index contributed by atoms with van der Waals surface area (Å²) < 4.78 is 2.05. The molecule has 1 N–H and O–H groups in total. The third kappa shape index (κ3) is 4.10. The number of hydrogen-bond donors (Lipinski definition) is 1. The second-order valence-corrected chi connectivity index (χ2v) is 13.1. The Hall–Kier alpha value is -3.12. The Balaban J connectivity index is 1.02. The van der Waals surface area contributed by atoms with E-state index in [4.69, 9.17) is 5.10 Å². The normalized spacial score (nSPS) is 33.5. The Morgan fingerprint density at radius 1 is 0.769 bits per heavy atom.